The summed E-state index contributed by atoms with van der Waals surface area (Å²) in [5, 5.41) is 12.8. The van der Waals surface area contributed by atoms with Crippen molar-refractivity contribution in [2.24, 2.45) is 0 Å². The number of anilines is 1. The summed E-state index contributed by atoms with van der Waals surface area (Å²) in [7, 11) is 0. The first-order chi connectivity index (χ1) is 11.8. The van der Waals surface area contributed by atoms with E-state index in [-0.39, 0.29) is 17.1 Å². The molecule has 0 radical (unpaired) electrons. The molecule has 0 fully saturated rings. The lowest BCUT2D eigenvalue weighted by molar-refractivity contribution is 0.102. The Kier molecular flexibility index (Phi) is 4.27. The zero-order valence-corrected chi connectivity index (χ0v) is 14.4. The molecule has 0 aliphatic rings. The number of pyridine rings is 1. The van der Waals surface area contributed by atoms with Gasteiger partial charge in [-0.25, -0.2) is 9.97 Å². The largest absolute Gasteiger partial charge is 0.506 e. The van der Waals surface area contributed by atoms with Crippen LogP contribution < -0.4 is 5.32 Å². The van der Waals surface area contributed by atoms with Crippen molar-refractivity contribution in [2.45, 2.75) is 26.2 Å². The van der Waals surface area contributed by atoms with Crippen LogP contribution in [-0.4, -0.2) is 25.5 Å². The molecule has 1 aromatic carbocycles. The minimum absolute atomic E-state index is 0.0318. The van der Waals surface area contributed by atoms with Crippen LogP contribution in [0.1, 0.15) is 36.7 Å². The SMILES string of the molecule is CC(C)(C)c1ccc(O)c(NC(=O)c2ccc(-n3ccnc3)nc2)c1. The Hall–Kier alpha value is -3.15. The van der Waals surface area contributed by atoms with Crippen molar-refractivity contribution >= 4 is 11.6 Å². The highest BCUT2D eigenvalue weighted by Crippen LogP contribution is 2.31. The van der Waals surface area contributed by atoms with Gasteiger partial charge in [0.1, 0.15) is 17.9 Å². The second-order valence-electron chi connectivity index (χ2n) is 6.81. The van der Waals surface area contributed by atoms with E-state index in [1.807, 2.05) is 6.07 Å². The lowest BCUT2D eigenvalue weighted by Crippen LogP contribution is -2.15. The van der Waals surface area contributed by atoms with E-state index in [1.54, 1.807) is 47.6 Å². The molecule has 1 amide bonds. The molecule has 0 bridgehead atoms. The number of aromatic hydroxyl groups is 1. The van der Waals surface area contributed by atoms with E-state index in [9.17, 15) is 9.90 Å². The average molecular weight is 336 g/mol. The lowest BCUT2D eigenvalue weighted by Gasteiger charge is -2.20. The molecular weight excluding hydrogens is 316 g/mol. The lowest BCUT2D eigenvalue weighted by atomic mass is 9.87. The van der Waals surface area contributed by atoms with Gasteiger partial charge in [0.15, 0.2) is 0 Å². The van der Waals surface area contributed by atoms with Crippen molar-refractivity contribution in [3.8, 4) is 11.6 Å². The quantitative estimate of drug-likeness (QED) is 0.717. The molecule has 0 aliphatic carbocycles. The standard InChI is InChI=1S/C19H20N4O2/c1-19(2,3)14-5-6-16(24)15(10-14)22-18(25)13-4-7-17(21-11-13)23-9-8-20-12-23/h4-12,24H,1-3H3,(H,22,25). The number of phenolic OH excluding ortho intramolecular Hbond substituents is 1. The summed E-state index contributed by atoms with van der Waals surface area (Å²) in [6.45, 7) is 6.22. The number of aromatic nitrogens is 3. The number of carbonyl (C=O) groups excluding carboxylic acids is 1. The van der Waals surface area contributed by atoms with Crippen LogP contribution in [0.5, 0.6) is 5.75 Å². The average Bonchev–Trinajstić information content (AvgIpc) is 3.10. The van der Waals surface area contributed by atoms with Gasteiger partial charge in [-0.3, -0.25) is 9.36 Å². The van der Waals surface area contributed by atoms with Crippen LogP contribution in [0.2, 0.25) is 0 Å². The molecule has 6 nitrogen and oxygen atoms in total. The van der Waals surface area contributed by atoms with Crippen LogP contribution in [0.4, 0.5) is 5.69 Å². The van der Waals surface area contributed by atoms with Crippen molar-refractivity contribution in [1.29, 1.82) is 0 Å². The van der Waals surface area contributed by atoms with Gasteiger partial charge in [0.25, 0.3) is 5.91 Å². The summed E-state index contributed by atoms with van der Waals surface area (Å²) >= 11 is 0. The molecule has 128 valence electrons. The van der Waals surface area contributed by atoms with Crippen molar-refractivity contribution in [1.82, 2.24) is 14.5 Å². The Bertz CT molecular complexity index is 879. The molecule has 0 atom stereocenters. The molecule has 0 unspecified atom stereocenters. The maximum atomic E-state index is 12.4. The number of imidazole rings is 1. The van der Waals surface area contributed by atoms with Gasteiger partial charge in [-0.2, -0.15) is 0 Å². The zero-order chi connectivity index (χ0) is 18.0. The van der Waals surface area contributed by atoms with E-state index in [0.29, 0.717) is 17.1 Å². The van der Waals surface area contributed by atoms with E-state index in [0.717, 1.165) is 5.56 Å². The first kappa shape index (κ1) is 16.7. The Morgan fingerprint density at radius 2 is 2.00 bits per heavy atom. The fourth-order valence-electron chi connectivity index (χ4n) is 2.36. The zero-order valence-electron chi connectivity index (χ0n) is 14.4. The second kappa shape index (κ2) is 6.39. The topological polar surface area (TPSA) is 80.0 Å². The fourth-order valence-corrected chi connectivity index (χ4v) is 2.36. The first-order valence-corrected chi connectivity index (χ1v) is 7.94. The van der Waals surface area contributed by atoms with Crippen LogP contribution in [0.3, 0.4) is 0 Å². The predicted octanol–water partition coefficient (Wildman–Crippen LogP) is 3.52. The molecule has 0 saturated heterocycles. The van der Waals surface area contributed by atoms with E-state index in [4.69, 9.17) is 0 Å². The van der Waals surface area contributed by atoms with Gasteiger partial charge in [0.05, 0.1) is 11.3 Å². The molecule has 0 saturated carbocycles. The molecular formula is C19H20N4O2. The fraction of sp³-hybridized carbons (Fsp3) is 0.211. The number of nitrogens with one attached hydrogen (secondary N) is 1. The second-order valence-corrected chi connectivity index (χ2v) is 6.81. The van der Waals surface area contributed by atoms with Crippen LogP contribution in [0.25, 0.3) is 5.82 Å². The predicted molar refractivity (Wildman–Crippen MR) is 96.1 cm³/mol. The molecule has 0 spiro atoms. The van der Waals surface area contributed by atoms with Gasteiger partial charge in [-0.05, 0) is 35.2 Å². The molecule has 3 rings (SSSR count). The third-order valence-electron chi connectivity index (χ3n) is 3.89. The minimum Gasteiger partial charge on any atom is -0.506 e. The Morgan fingerprint density at radius 3 is 2.60 bits per heavy atom. The van der Waals surface area contributed by atoms with Crippen molar-refractivity contribution < 1.29 is 9.90 Å². The molecule has 2 aromatic heterocycles. The summed E-state index contributed by atoms with van der Waals surface area (Å²) in [6, 6.07) is 8.66. The summed E-state index contributed by atoms with van der Waals surface area (Å²) < 4.78 is 1.75. The number of carbonyl (C=O) groups is 1. The Morgan fingerprint density at radius 1 is 1.20 bits per heavy atom. The highest BCUT2D eigenvalue weighted by atomic mass is 16.3. The third-order valence-corrected chi connectivity index (χ3v) is 3.89. The Labute approximate surface area is 146 Å². The maximum absolute atomic E-state index is 12.4. The Balaban J connectivity index is 1.80. The minimum atomic E-state index is -0.328. The number of amides is 1. The molecule has 0 aliphatic heterocycles. The number of hydrogen-bond acceptors (Lipinski definition) is 4. The van der Waals surface area contributed by atoms with Gasteiger partial charge in [-0.15, -0.1) is 0 Å². The van der Waals surface area contributed by atoms with Gasteiger partial charge >= 0.3 is 0 Å². The third kappa shape index (κ3) is 3.68. The van der Waals surface area contributed by atoms with Crippen LogP contribution in [0, 0.1) is 0 Å². The number of nitrogens with zero attached hydrogens (tertiary/aromatic N) is 3. The number of phenols is 1. The first-order valence-electron chi connectivity index (χ1n) is 7.94. The highest BCUT2D eigenvalue weighted by molar-refractivity contribution is 6.04. The molecule has 3 aromatic rings. The maximum Gasteiger partial charge on any atom is 0.257 e. The number of rotatable bonds is 3. The van der Waals surface area contributed by atoms with E-state index >= 15 is 0 Å². The number of hydrogen-bond donors (Lipinski definition) is 2. The highest BCUT2D eigenvalue weighted by Gasteiger charge is 2.17. The van der Waals surface area contributed by atoms with Crippen LogP contribution >= 0.6 is 0 Å². The van der Waals surface area contributed by atoms with Crippen molar-refractivity contribution in [2.75, 3.05) is 5.32 Å². The molecule has 2 N–H and O–H groups in total. The van der Waals surface area contributed by atoms with Crippen LogP contribution in [-0.2, 0) is 5.41 Å². The molecule has 6 heteroatoms. The van der Waals surface area contributed by atoms with Gasteiger partial charge in [0.2, 0.25) is 0 Å². The number of benzene rings is 1. The summed E-state index contributed by atoms with van der Waals surface area (Å²) in [4.78, 5) is 20.7. The van der Waals surface area contributed by atoms with Gasteiger partial charge in [0, 0.05) is 18.6 Å². The molecule has 25 heavy (non-hydrogen) atoms. The van der Waals surface area contributed by atoms with E-state index in [1.165, 1.54) is 6.20 Å². The monoisotopic (exact) mass is 336 g/mol. The van der Waals surface area contributed by atoms with Crippen LogP contribution in [0.15, 0.2) is 55.2 Å². The van der Waals surface area contributed by atoms with Crippen molar-refractivity contribution in [3.63, 3.8) is 0 Å². The summed E-state index contributed by atoms with van der Waals surface area (Å²) in [6.07, 6.45) is 6.57. The smallest absolute Gasteiger partial charge is 0.257 e. The normalized spacial score (nSPS) is 11.3. The van der Waals surface area contributed by atoms with E-state index in [2.05, 4.69) is 36.1 Å². The van der Waals surface area contributed by atoms with Crippen molar-refractivity contribution in [3.05, 3.63) is 66.4 Å². The van der Waals surface area contributed by atoms with Gasteiger partial charge in [-0.1, -0.05) is 26.8 Å². The summed E-state index contributed by atoms with van der Waals surface area (Å²) in [5.74, 6) is 0.377. The van der Waals surface area contributed by atoms with E-state index < -0.39 is 0 Å². The van der Waals surface area contributed by atoms with Gasteiger partial charge < -0.3 is 10.4 Å². The summed E-state index contributed by atoms with van der Waals surface area (Å²) in [5.41, 5.74) is 1.73. The molecule has 2 heterocycles.